The maximum Gasteiger partial charge on any atom is 0.501 e. The van der Waals surface area contributed by atoms with Gasteiger partial charge in [-0.2, -0.15) is 13.2 Å². The van der Waals surface area contributed by atoms with Crippen LogP contribution in [-0.2, 0) is 16.3 Å². The average molecular weight is 393 g/mol. The summed E-state index contributed by atoms with van der Waals surface area (Å²) in [6.07, 6.45) is 1.99. The third-order valence-corrected chi connectivity index (χ3v) is 5.65. The molecule has 1 aromatic heterocycles. The third kappa shape index (κ3) is 3.19. The molecule has 1 aromatic carbocycles. The number of rotatable bonds is 3. The van der Waals surface area contributed by atoms with Gasteiger partial charge in [0.05, 0.1) is 27.9 Å². The van der Waals surface area contributed by atoms with Crippen molar-refractivity contribution >= 4 is 32.8 Å². The highest BCUT2D eigenvalue weighted by Gasteiger charge is 2.49. The van der Waals surface area contributed by atoms with Crippen molar-refractivity contribution in [2.75, 3.05) is 5.32 Å². The van der Waals surface area contributed by atoms with E-state index < -0.39 is 26.3 Å². The standard InChI is InChI=1S/C15H12ClF3N2O3S/c16-8-5-9(7-20-6-8)21-11-2-4-13(25(23,24)15(17,18)19)14-10(11)1-3-12(14)22/h2,4-7,12,21-22H,1,3H2. The topological polar surface area (TPSA) is 79.3 Å². The summed E-state index contributed by atoms with van der Waals surface area (Å²) < 4.78 is 62.3. The van der Waals surface area contributed by atoms with E-state index in [9.17, 15) is 26.7 Å². The van der Waals surface area contributed by atoms with E-state index in [1.54, 1.807) is 6.07 Å². The number of aliphatic hydroxyl groups excluding tert-OH is 1. The van der Waals surface area contributed by atoms with Crippen molar-refractivity contribution in [2.24, 2.45) is 0 Å². The van der Waals surface area contributed by atoms with Crippen molar-refractivity contribution in [3.05, 3.63) is 46.7 Å². The summed E-state index contributed by atoms with van der Waals surface area (Å²) in [6, 6.07) is 3.67. The van der Waals surface area contributed by atoms with Crippen molar-refractivity contribution in [2.45, 2.75) is 29.3 Å². The van der Waals surface area contributed by atoms with Crippen LogP contribution in [0.3, 0.4) is 0 Å². The van der Waals surface area contributed by atoms with E-state index in [2.05, 4.69) is 10.3 Å². The number of halogens is 4. The Morgan fingerprint density at radius 1 is 1.28 bits per heavy atom. The van der Waals surface area contributed by atoms with E-state index in [1.165, 1.54) is 18.5 Å². The van der Waals surface area contributed by atoms with Crippen LogP contribution in [0, 0.1) is 0 Å². The molecule has 1 aliphatic rings. The van der Waals surface area contributed by atoms with E-state index in [0.717, 1.165) is 6.07 Å². The van der Waals surface area contributed by atoms with E-state index in [-0.39, 0.29) is 18.4 Å². The average Bonchev–Trinajstić information content (AvgIpc) is 2.89. The molecule has 0 radical (unpaired) electrons. The van der Waals surface area contributed by atoms with Gasteiger partial charge in [0.2, 0.25) is 0 Å². The van der Waals surface area contributed by atoms with Crippen LogP contribution in [0.5, 0.6) is 0 Å². The summed E-state index contributed by atoms with van der Waals surface area (Å²) in [5.41, 5.74) is -4.43. The fraction of sp³-hybridized carbons (Fsp3) is 0.267. The van der Waals surface area contributed by atoms with Crippen molar-refractivity contribution in [3.63, 3.8) is 0 Å². The van der Waals surface area contributed by atoms with Gasteiger partial charge in [0.1, 0.15) is 0 Å². The van der Waals surface area contributed by atoms with Gasteiger partial charge in [-0.05, 0) is 36.6 Å². The van der Waals surface area contributed by atoms with E-state index in [1.807, 2.05) is 0 Å². The van der Waals surface area contributed by atoms with Gasteiger partial charge >= 0.3 is 5.51 Å². The third-order valence-electron chi connectivity index (χ3n) is 3.90. The summed E-state index contributed by atoms with van der Waals surface area (Å²) in [6.45, 7) is 0. The predicted octanol–water partition coefficient (Wildman–Crippen LogP) is 3.75. The first-order chi connectivity index (χ1) is 11.6. The zero-order valence-electron chi connectivity index (χ0n) is 12.5. The van der Waals surface area contributed by atoms with Gasteiger partial charge in [0.15, 0.2) is 0 Å². The second-order valence-corrected chi connectivity index (χ2v) is 7.87. The van der Waals surface area contributed by atoms with Gasteiger partial charge < -0.3 is 10.4 Å². The number of aliphatic hydroxyl groups is 1. The summed E-state index contributed by atoms with van der Waals surface area (Å²) >= 11 is 5.84. The number of hydrogen-bond donors (Lipinski definition) is 2. The summed E-state index contributed by atoms with van der Waals surface area (Å²) in [5, 5.41) is 13.3. The fourth-order valence-electron chi connectivity index (χ4n) is 2.82. The lowest BCUT2D eigenvalue weighted by Gasteiger charge is -2.17. The highest BCUT2D eigenvalue weighted by molar-refractivity contribution is 7.92. The lowest BCUT2D eigenvalue weighted by Crippen LogP contribution is -2.25. The fourth-order valence-corrected chi connectivity index (χ4v) is 4.03. The molecular formula is C15H12ClF3N2O3S. The summed E-state index contributed by atoms with van der Waals surface area (Å²) in [4.78, 5) is 2.98. The number of alkyl halides is 3. The van der Waals surface area contributed by atoms with Crippen LogP contribution in [0.4, 0.5) is 24.5 Å². The van der Waals surface area contributed by atoms with Crippen LogP contribution in [0.1, 0.15) is 23.7 Å². The Morgan fingerprint density at radius 2 is 2.00 bits per heavy atom. The number of nitrogens with one attached hydrogen (secondary N) is 1. The number of hydrogen-bond acceptors (Lipinski definition) is 5. The maximum absolute atomic E-state index is 12.9. The molecule has 0 saturated carbocycles. The molecule has 134 valence electrons. The van der Waals surface area contributed by atoms with Crippen molar-refractivity contribution < 1.29 is 26.7 Å². The SMILES string of the molecule is O=S(=O)(c1ccc(Nc2cncc(Cl)c2)c2c1C(O)CC2)C(F)(F)F. The normalized spacial score (nSPS) is 17.4. The minimum atomic E-state index is -5.55. The number of pyridine rings is 1. The van der Waals surface area contributed by atoms with Crippen LogP contribution >= 0.6 is 11.6 Å². The van der Waals surface area contributed by atoms with Crippen LogP contribution in [0.2, 0.25) is 5.02 Å². The molecule has 10 heteroatoms. The number of sulfone groups is 1. The van der Waals surface area contributed by atoms with Gasteiger partial charge in [0, 0.05) is 17.4 Å². The molecule has 1 aliphatic carbocycles. The molecule has 1 atom stereocenters. The van der Waals surface area contributed by atoms with Crippen LogP contribution < -0.4 is 5.32 Å². The Morgan fingerprint density at radius 3 is 2.64 bits per heavy atom. The second-order valence-electron chi connectivity index (χ2n) is 5.52. The molecular weight excluding hydrogens is 381 g/mol. The lowest BCUT2D eigenvalue weighted by molar-refractivity contribution is -0.0437. The lowest BCUT2D eigenvalue weighted by atomic mass is 10.1. The van der Waals surface area contributed by atoms with Crippen LogP contribution in [-0.4, -0.2) is 24.0 Å². The Kier molecular flexibility index (Phi) is 4.42. The van der Waals surface area contributed by atoms with Crippen molar-refractivity contribution in [1.82, 2.24) is 4.98 Å². The number of fused-ring (bicyclic) bond motifs is 1. The number of benzene rings is 1. The first kappa shape index (κ1) is 18.0. The zero-order chi connectivity index (χ0) is 18.4. The molecule has 3 rings (SSSR count). The first-order valence-electron chi connectivity index (χ1n) is 7.14. The molecule has 5 nitrogen and oxygen atoms in total. The second kappa shape index (κ2) is 6.15. The molecule has 1 unspecified atom stereocenters. The van der Waals surface area contributed by atoms with Crippen molar-refractivity contribution in [3.8, 4) is 0 Å². The molecule has 0 spiro atoms. The molecule has 2 N–H and O–H groups in total. The van der Waals surface area contributed by atoms with Gasteiger partial charge in [-0.3, -0.25) is 4.98 Å². The van der Waals surface area contributed by atoms with Gasteiger partial charge in [-0.1, -0.05) is 11.6 Å². The Labute approximate surface area is 146 Å². The molecule has 2 aromatic rings. The van der Waals surface area contributed by atoms with E-state index in [4.69, 9.17) is 11.6 Å². The molecule has 0 saturated heterocycles. The smallest absolute Gasteiger partial charge is 0.388 e. The number of nitrogens with zero attached hydrogens (tertiary/aromatic N) is 1. The molecule has 0 amide bonds. The molecule has 25 heavy (non-hydrogen) atoms. The number of aromatic nitrogens is 1. The van der Waals surface area contributed by atoms with Gasteiger partial charge in [-0.15, -0.1) is 0 Å². The van der Waals surface area contributed by atoms with Crippen LogP contribution in [0.15, 0.2) is 35.5 Å². The summed E-state index contributed by atoms with van der Waals surface area (Å²) in [7, 11) is -5.55. The number of anilines is 2. The Bertz CT molecular complexity index is 932. The zero-order valence-corrected chi connectivity index (χ0v) is 14.1. The first-order valence-corrected chi connectivity index (χ1v) is 9.00. The molecule has 1 heterocycles. The molecule has 0 bridgehead atoms. The Balaban J connectivity index is 2.11. The van der Waals surface area contributed by atoms with Gasteiger partial charge in [-0.25, -0.2) is 8.42 Å². The van der Waals surface area contributed by atoms with Crippen LogP contribution in [0.25, 0.3) is 0 Å². The molecule has 0 aliphatic heterocycles. The van der Waals surface area contributed by atoms with E-state index in [0.29, 0.717) is 22.0 Å². The maximum atomic E-state index is 12.9. The van der Waals surface area contributed by atoms with Crippen molar-refractivity contribution in [1.29, 1.82) is 0 Å². The minimum absolute atomic E-state index is 0.141. The van der Waals surface area contributed by atoms with E-state index >= 15 is 0 Å². The molecule has 0 fully saturated rings. The Hall–Kier alpha value is -1.84. The summed E-state index contributed by atoms with van der Waals surface area (Å²) in [5.74, 6) is 0. The largest absolute Gasteiger partial charge is 0.501 e. The highest BCUT2D eigenvalue weighted by atomic mass is 35.5. The predicted molar refractivity (Wildman–Crippen MR) is 85.5 cm³/mol. The quantitative estimate of drug-likeness (QED) is 0.831. The van der Waals surface area contributed by atoms with Gasteiger partial charge in [0.25, 0.3) is 9.84 Å². The highest BCUT2D eigenvalue weighted by Crippen LogP contribution is 2.44. The monoisotopic (exact) mass is 392 g/mol. The minimum Gasteiger partial charge on any atom is -0.388 e.